The van der Waals surface area contributed by atoms with E-state index >= 15 is 0 Å². The summed E-state index contributed by atoms with van der Waals surface area (Å²) in [6.45, 7) is 0. The fourth-order valence-corrected chi connectivity index (χ4v) is 0.680. The van der Waals surface area contributed by atoms with E-state index in [9.17, 15) is 0 Å². The third kappa shape index (κ3) is 12.5. The number of halogens is 1. The Balaban J connectivity index is -0.000000125. The van der Waals surface area contributed by atoms with E-state index in [1.165, 1.54) is 0 Å². The predicted octanol–water partition coefficient (Wildman–Crippen LogP) is -1.57. The minimum Gasteiger partial charge on any atom is -1.00 e. The molecule has 0 spiro atoms. The van der Waals surface area contributed by atoms with Gasteiger partial charge in [0.1, 0.15) is 0 Å². The summed E-state index contributed by atoms with van der Waals surface area (Å²) < 4.78 is 0. The third-order valence-corrected chi connectivity index (χ3v) is 1.17. The average Bonchev–Trinajstić information content (AvgIpc) is 2.67. The number of rotatable bonds is 0. The van der Waals surface area contributed by atoms with Crippen molar-refractivity contribution >= 4 is 11.0 Å². The summed E-state index contributed by atoms with van der Waals surface area (Å²) in [4.78, 5) is 0. The second-order valence-corrected chi connectivity index (χ2v) is 2.01. The molecule has 0 nitrogen and oxygen atoms in total. The minimum atomic E-state index is 0. The summed E-state index contributed by atoms with van der Waals surface area (Å²) in [7, 11) is 0. The average molecular weight is 420 g/mol. The molecule has 0 amide bonds. The molecule has 1 radical (unpaired) electrons. The van der Waals surface area contributed by atoms with Crippen molar-refractivity contribution in [3.05, 3.63) is 48.6 Å². The first-order valence-electron chi connectivity index (χ1n) is 3.43. The maximum atomic E-state index is 2.99. The van der Waals surface area contributed by atoms with E-state index in [1.54, 1.807) is 0 Å². The molecule has 0 bridgehead atoms. The molecular formula is C10H13BrHfSi-3. The molecule has 3 heteroatoms. The predicted molar refractivity (Wildman–Crippen MR) is 53.1 cm³/mol. The molecule has 2 rings (SSSR count). The first-order chi connectivity index (χ1) is 5.00. The van der Waals surface area contributed by atoms with Crippen LogP contribution in [0, 0.1) is 12.2 Å². The Morgan fingerprint density at radius 2 is 1.23 bits per heavy atom. The Bertz CT molecular complexity index is 153. The molecule has 0 saturated carbocycles. The van der Waals surface area contributed by atoms with Gasteiger partial charge in [-0.15, -0.1) is 12.8 Å². The van der Waals surface area contributed by atoms with Crippen LogP contribution < -0.4 is 17.0 Å². The second kappa shape index (κ2) is 15.0. The van der Waals surface area contributed by atoms with Crippen LogP contribution in [0.15, 0.2) is 36.5 Å². The van der Waals surface area contributed by atoms with E-state index in [0.29, 0.717) is 0 Å². The van der Waals surface area contributed by atoms with Gasteiger partial charge in [0, 0.05) is 25.8 Å². The van der Waals surface area contributed by atoms with Crippen LogP contribution in [-0.2, 0) is 25.8 Å². The monoisotopic (exact) mass is 420 g/mol. The number of allylic oxidation sites excluding steroid dienone is 8. The van der Waals surface area contributed by atoms with Gasteiger partial charge in [0.05, 0.1) is 0 Å². The molecule has 0 unspecified atom stereocenters. The fourth-order valence-electron chi connectivity index (χ4n) is 0.680. The zero-order valence-electron chi connectivity index (χ0n) is 7.76. The molecule has 0 N–H and O–H groups in total. The van der Waals surface area contributed by atoms with Gasteiger partial charge in [-0.25, -0.2) is 24.3 Å². The Morgan fingerprint density at radius 1 is 0.846 bits per heavy atom. The fraction of sp³-hybridized carbons (Fsp3) is 0.200. The molecule has 0 aromatic heterocycles. The largest absolute Gasteiger partial charge is 1.00 e. The van der Waals surface area contributed by atoms with Crippen molar-refractivity contribution in [3.8, 4) is 0 Å². The third-order valence-electron chi connectivity index (χ3n) is 1.17. The Morgan fingerprint density at radius 3 is 1.31 bits per heavy atom. The quantitative estimate of drug-likeness (QED) is 0.329. The van der Waals surface area contributed by atoms with Gasteiger partial charge in [-0.1, -0.05) is 0 Å². The van der Waals surface area contributed by atoms with Crippen molar-refractivity contribution in [1.82, 2.24) is 0 Å². The summed E-state index contributed by atoms with van der Waals surface area (Å²) in [5.74, 6) is 0. The van der Waals surface area contributed by atoms with E-state index in [2.05, 4.69) is 24.3 Å². The standard InChI is InChI=1S/2C5H5.BrH.Hf.H3Si/c2*1-2-4-5-3-1;;;/h2*1-3H,4H2;1H;;1H3/q2*-1;;;/p-1. The van der Waals surface area contributed by atoms with Crippen LogP contribution in [0.5, 0.6) is 0 Å². The molecule has 0 heterocycles. The van der Waals surface area contributed by atoms with Gasteiger partial charge in [-0.2, -0.15) is 12.2 Å². The normalized spacial score (nSPS) is 13.5. The summed E-state index contributed by atoms with van der Waals surface area (Å²) in [6, 6.07) is 0. The maximum absolute atomic E-state index is 2.99. The molecule has 0 fully saturated rings. The molecule has 13 heavy (non-hydrogen) atoms. The van der Waals surface area contributed by atoms with Crippen LogP contribution in [0.1, 0.15) is 12.8 Å². The van der Waals surface area contributed by atoms with Gasteiger partial charge in [0.15, 0.2) is 0 Å². The Labute approximate surface area is 114 Å². The summed E-state index contributed by atoms with van der Waals surface area (Å²) in [5.41, 5.74) is 0. The van der Waals surface area contributed by atoms with Crippen molar-refractivity contribution in [2.75, 3.05) is 0 Å². The maximum Gasteiger partial charge on any atom is 0 e. The van der Waals surface area contributed by atoms with Gasteiger partial charge in [-0.05, 0) is 11.0 Å². The SMILES string of the molecule is [Br-].[C-]1=CC=CC1.[C-]1=CC=CC1.[Hf].[SiH3]. The molecule has 0 saturated heterocycles. The van der Waals surface area contributed by atoms with Crippen molar-refractivity contribution in [3.63, 3.8) is 0 Å². The van der Waals surface area contributed by atoms with Crippen molar-refractivity contribution in [2.45, 2.75) is 12.8 Å². The molecular weight excluding hydrogens is 407 g/mol. The van der Waals surface area contributed by atoms with Gasteiger partial charge in [0.2, 0.25) is 0 Å². The smallest absolute Gasteiger partial charge is 0 e. The summed E-state index contributed by atoms with van der Waals surface area (Å²) in [5, 5.41) is 0. The van der Waals surface area contributed by atoms with Crippen LogP contribution >= 0.6 is 0 Å². The van der Waals surface area contributed by atoms with Crippen molar-refractivity contribution in [2.24, 2.45) is 0 Å². The second-order valence-electron chi connectivity index (χ2n) is 2.01. The number of hydrogen-bond acceptors (Lipinski definition) is 0. The Hall–Kier alpha value is 0.527. The molecule has 2 aliphatic rings. The molecule has 2 aliphatic carbocycles. The molecule has 71 valence electrons. The molecule has 0 atom stereocenters. The van der Waals surface area contributed by atoms with E-state index < -0.39 is 0 Å². The van der Waals surface area contributed by atoms with Crippen LogP contribution in [0.4, 0.5) is 0 Å². The van der Waals surface area contributed by atoms with Gasteiger partial charge in [0.25, 0.3) is 0 Å². The van der Waals surface area contributed by atoms with Gasteiger partial charge >= 0.3 is 0 Å². The first kappa shape index (κ1) is 19.2. The zero-order valence-corrected chi connectivity index (χ0v) is 14.9. The topological polar surface area (TPSA) is 0 Å². The van der Waals surface area contributed by atoms with Gasteiger partial charge < -0.3 is 17.0 Å². The minimum absolute atomic E-state index is 0. The summed E-state index contributed by atoms with van der Waals surface area (Å²) in [6.07, 6.45) is 20.0. The van der Waals surface area contributed by atoms with Gasteiger partial charge in [-0.3, -0.25) is 12.2 Å². The van der Waals surface area contributed by atoms with Crippen LogP contribution in [-0.4, -0.2) is 11.0 Å². The first-order valence-corrected chi connectivity index (χ1v) is 3.43. The Kier molecular flexibility index (Phi) is 22.1. The molecule has 0 aromatic rings. The molecule has 0 aliphatic heterocycles. The van der Waals surface area contributed by atoms with Crippen molar-refractivity contribution < 1.29 is 42.8 Å². The zero-order chi connectivity index (χ0) is 7.07. The van der Waals surface area contributed by atoms with E-state index in [0.717, 1.165) is 12.8 Å². The molecule has 0 aromatic carbocycles. The van der Waals surface area contributed by atoms with Crippen LogP contribution in [0.3, 0.4) is 0 Å². The summed E-state index contributed by atoms with van der Waals surface area (Å²) >= 11 is 0. The van der Waals surface area contributed by atoms with E-state index in [1.807, 2.05) is 24.3 Å². The van der Waals surface area contributed by atoms with E-state index in [-0.39, 0.29) is 53.8 Å². The number of hydrogen-bond donors (Lipinski definition) is 0. The van der Waals surface area contributed by atoms with Crippen LogP contribution in [0.25, 0.3) is 0 Å². The van der Waals surface area contributed by atoms with Crippen molar-refractivity contribution in [1.29, 1.82) is 0 Å². The van der Waals surface area contributed by atoms with Crippen LogP contribution in [0.2, 0.25) is 0 Å². The van der Waals surface area contributed by atoms with E-state index in [4.69, 9.17) is 0 Å².